The highest BCUT2D eigenvalue weighted by molar-refractivity contribution is 7.03. The van der Waals surface area contributed by atoms with Crippen LogP contribution in [0.3, 0.4) is 0 Å². The second-order valence-corrected chi connectivity index (χ2v) is 21.5. The molecule has 2 unspecified atom stereocenters. The Labute approximate surface area is 347 Å². The minimum atomic E-state index is -2.98. The number of nitrogens with zero attached hydrogens (tertiary/aromatic N) is 4. The fraction of sp³-hybridized carbons (Fsp3) is 0.364. The third-order valence-electron chi connectivity index (χ3n) is 13.5. The Balaban J connectivity index is 1.15. The molecule has 3 fully saturated rings. The van der Waals surface area contributed by atoms with Crippen molar-refractivity contribution in [3.05, 3.63) is 118 Å². The van der Waals surface area contributed by atoms with Gasteiger partial charge < -0.3 is 10.5 Å². The maximum atomic E-state index is 14.3. The van der Waals surface area contributed by atoms with E-state index in [0.29, 0.717) is 27.8 Å². The van der Waals surface area contributed by atoms with Crippen LogP contribution in [0.1, 0.15) is 67.8 Å². The summed E-state index contributed by atoms with van der Waals surface area (Å²) in [5.41, 5.74) is 7.62. The molecule has 3 aromatic carbocycles. The second kappa shape index (κ2) is 13.6. The van der Waals surface area contributed by atoms with E-state index < -0.39 is 99.5 Å². The van der Waals surface area contributed by atoms with Gasteiger partial charge in [0.15, 0.2) is 5.60 Å². The molecule has 0 saturated carbocycles. The van der Waals surface area contributed by atoms with Crippen LogP contribution >= 0.6 is 0 Å². The van der Waals surface area contributed by atoms with Crippen molar-refractivity contribution < 1.29 is 51.1 Å². The fourth-order valence-corrected chi connectivity index (χ4v) is 16.6. The first-order valence-electron chi connectivity index (χ1n) is 20.3. The molecular formula is C44H39F4N5O7Si. The number of imide groups is 2. The third-order valence-corrected chi connectivity index (χ3v) is 18.8. The molecule has 3 aromatic rings. The molecule has 17 heteroatoms. The van der Waals surface area contributed by atoms with Crippen LogP contribution in [0, 0.1) is 0 Å². The summed E-state index contributed by atoms with van der Waals surface area (Å²) >= 11 is 0. The minimum absolute atomic E-state index is 0.0309. The second-order valence-electron chi connectivity index (χ2n) is 17.2. The molecule has 10 rings (SSSR count). The van der Waals surface area contributed by atoms with Crippen molar-refractivity contribution in [2.24, 2.45) is 5.73 Å². The summed E-state index contributed by atoms with van der Waals surface area (Å²) in [4.78, 5) is 83.4. The highest BCUT2D eigenvalue weighted by atomic mass is 28.3. The van der Waals surface area contributed by atoms with E-state index >= 15 is 0 Å². The molecule has 7 aliphatic rings. The number of alkyl halides is 4. The number of rotatable bonds is 9. The first-order chi connectivity index (χ1) is 29.0. The Morgan fingerprint density at radius 3 is 1.52 bits per heavy atom. The van der Waals surface area contributed by atoms with Gasteiger partial charge in [0.05, 0.1) is 44.1 Å². The highest BCUT2D eigenvalue weighted by Gasteiger charge is 2.59. The number of nitrogens with two attached hydrogens (primary N) is 1. The van der Waals surface area contributed by atoms with Crippen molar-refractivity contribution in [1.82, 2.24) is 19.6 Å². The van der Waals surface area contributed by atoms with Gasteiger partial charge in [0.2, 0.25) is 5.91 Å². The lowest BCUT2D eigenvalue weighted by molar-refractivity contribution is -0.177. The molecular weight excluding hydrogens is 815 g/mol. The SMILES string of the molecule is NC(=O)c1ccc2c(c1)C1(OC2=O)c2ccc(CC(N3CC(F)(F)C3)N3C(=O)C=CC3=O)cc2[Si]2(CCCCC2)c2cc(CC(N3CC(F)(F)C3)N3C(=O)C=CC3=O)ccc21. The van der Waals surface area contributed by atoms with Gasteiger partial charge in [-0.25, -0.2) is 22.4 Å². The quantitative estimate of drug-likeness (QED) is 0.149. The van der Waals surface area contributed by atoms with E-state index in [-0.39, 0.29) is 24.0 Å². The van der Waals surface area contributed by atoms with Gasteiger partial charge >= 0.3 is 5.97 Å². The molecule has 2 N–H and O–H groups in total. The summed E-state index contributed by atoms with van der Waals surface area (Å²) in [7, 11) is -2.92. The number of likely N-dealkylation sites (tertiary alicyclic amines) is 2. The number of hydrogen-bond acceptors (Lipinski definition) is 9. The van der Waals surface area contributed by atoms with Crippen LogP contribution in [-0.4, -0.2) is 114 Å². The molecule has 2 spiro atoms. The van der Waals surface area contributed by atoms with Gasteiger partial charge in [0.25, 0.3) is 35.5 Å². The van der Waals surface area contributed by atoms with Gasteiger partial charge in [-0.15, -0.1) is 0 Å². The van der Waals surface area contributed by atoms with Crippen molar-refractivity contribution in [1.29, 1.82) is 0 Å². The molecule has 61 heavy (non-hydrogen) atoms. The third kappa shape index (κ3) is 6.06. The summed E-state index contributed by atoms with van der Waals surface area (Å²) in [6.45, 7) is -2.53. The fourth-order valence-electron chi connectivity index (χ4n) is 10.8. The largest absolute Gasteiger partial charge is 0.441 e. The van der Waals surface area contributed by atoms with Crippen LogP contribution in [0.25, 0.3) is 0 Å². The topological polar surface area (TPSA) is 151 Å². The number of primary amides is 1. The van der Waals surface area contributed by atoms with Crippen LogP contribution in [0.15, 0.2) is 78.9 Å². The van der Waals surface area contributed by atoms with E-state index in [0.717, 1.165) is 75.8 Å². The molecule has 314 valence electrons. The average molecular weight is 854 g/mol. The lowest BCUT2D eigenvalue weighted by Crippen LogP contribution is -2.68. The van der Waals surface area contributed by atoms with E-state index in [4.69, 9.17) is 10.5 Å². The number of carbonyl (C=O) groups is 6. The number of hydrogen-bond donors (Lipinski definition) is 1. The zero-order chi connectivity index (χ0) is 42.8. The molecule has 5 amide bonds. The molecule has 0 aliphatic carbocycles. The standard InChI is InChI=1S/C44H39F4N5O7Si/c45-42(46)21-50(22-42)34(52-36(54)10-11-37(52)55)18-25-4-8-29-32(16-25)61(14-2-1-3-15-61)33-17-26(19-35(51-23-43(47,48)24-51)53-38(56)12-13-39(53)57)5-9-30(33)44(29)31-20-27(40(49)58)6-7-28(31)41(59)60-44/h4-13,16-17,20,34-35H,1-3,14-15,18-19,21-24H2,(H2,49,58). The summed E-state index contributed by atoms with van der Waals surface area (Å²) in [6, 6.07) is 17.4. The Morgan fingerprint density at radius 2 is 1.10 bits per heavy atom. The predicted molar refractivity (Wildman–Crippen MR) is 212 cm³/mol. The smallest absolute Gasteiger partial charge is 0.340 e. The molecule has 3 saturated heterocycles. The molecule has 0 bridgehead atoms. The molecule has 7 heterocycles. The van der Waals surface area contributed by atoms with E-state index in [2.05, 4.69) is 0 Å². The Hall–Kier alpha value is -5.78. The summed E-state index contributed by atoms with van der Waals surface area (Å²) in [5.74, 6) is -9.72. The maximum Gasteiger partial charge on any atom is 0.340 e. The van der Waals surface area contributed by atoms with Gasteiger partial charge in [-0.2, -0.15) is 0 Å². The van der Waals surface area contributed by atoms with Gasteiger partial charge in [-0.3, -0.25) is 43.6 Å². The van der Waals surface area contributed by atoms with Gasteiger partial charge in [0, 0.05) is 59.4 Å². The normalized spacial score (nSPS) is 25.3. The summed E-state index contributed by atoms with van der Waals surface area (Å²) < 4.78 is 63.9. The number of amides is 5. The number of benzene rings is 3. The molecule has 2 atom stereocenters. The van der Waals surface area contributed by atoms with Gasteiger partial charge in [-0.05, 0) is 51.8 Å². The van der Waals surface area contributed by atoms with Crippen molar-refractivity contribution >= 4 is 54.0 Å². The maximum absolute atomic E-state index is 14.3. The molecule has 0 radical (unpaired) electrons. The number of fused-ring (bicyclic) bond motifs is 8. The first kappa shape index (κ1) is 39.4. The zero-order valence-corrected chi connectivity index (χ0v) is 33.7. The molecule has 0 aromatic heterocycles. The van der Waals surface area contributed by atoms with Crippen LogP contribution in [0.4, 0.5) is 17.6 Å². The monoisotopic (exact) mass is 853 g/mol. The number of ether oxygens (including phenoxy) is 1. The van der Waals surface area contributed by atoms with Crippen molar-refractivity contribution in [2.75, 3.05) is 26.2 Å². The molecule has 12 nitrogen and oxygen atoms in total. The van der Waals surface area contributed by atoms with Gasteiger partial charge in [0.1, 0.15) is 8.07 Å². The van der Waals surface area contributed by atoms with Crippen LogP contribution in [0.2, 0.25) is 12.1 Å². The van der Waals surface area contributed by atoms with Gasteiger partial charge in [-0.1, -0.05) is 55.7 Å². The van der Waals surface area contributed by atoms with E-state index in [1.54, 1.807) is 18.2 Å². The number of esters is 1. The van der Waals surface area contributed by atoms with E-state index in [1.165, 1.54) is 21.9 Å². The Kier molecular flexibility index (Phi) is 8.78. The Bertz CT molecular complexity index is 2400. The average Bonchev–Trinajstić information content (AvgIpc) is 3.83. The highest BCUT2D eigenvalue weighted by Crippen LogP contribution is 2.51. The summed E-state index contributed by atoms with van der Waals surface area (Å²) in [5, 5.41) is 1.80. The van der Waals surface area contributed by atoms with Crippen molar-refractivity contribution in [3.8, 4) is 0 Å². The van der Waals surface area contributed by atoms with Crippen LogP contribution in [-0.2, 0) is 42.4 Å². The lowest BCUT2D eigenvalue weighted by Gasteiger charge is -2.49. The van der Waals surface area contributed by atoms with Crippen molar-refractivity contribution in [3.63, 3.8) is 0 Å². The lowest BCUT2D eigenvalue weighted by atomic mass is 9.78. The van der Waals surface area contributed by atoms with Crippen LogP contribution in [0.5, 0.6) is 0 Å². The predicted octanol–water partition coefficient (Wildman–Crippen LogP) is 2.80. The molecule has 7 aliphatic heterocycles. The summed E-state index contributed by atoms with van der Waals surface area (Å²) in [6.07, 6.45) is 5.22. The zero-order valence-electron chi connectivity index (χ0n) is 32.7. The first-order valence-corrected chi connectivity index (χ1v) is 22.7. The minimum Gasteiger partial charge on any atom is -0.441 e. The van der Waals surface area contributed by atoms with Crippen molar-refractivity contribution in [2.45, 2.75) is 74.0 Å². The van der Waals surface area contributed by atoms with E-state index in [9.17, 15) is 46.3 Å². The Morgan fingerprint density at radius 1 is 0.639 bits per heavy atom. The van der Waals surface area contributed by atoms with E-state index in [1.807, 2.05) is 24.3 Å². The number of halogens is 4. The van der Waals surface area contributed by atoms with Crippen LogP contribution < -0.4 is 16.1 Å². The number of carbonyl (C=O) groups excluding carboxylic acids is 6.